The summed E-state index contributed by atoms with van der Waals surface area (Å²) in [6.07, 6.45) is 4.90. The number of piperidine rings is 2. The molecule has 7 heteroatoms. The summed E-state index contributed by atoms with van der Waals surface area (Å²) in [6, 6.07) is 0. The number of likely N-dealkylation sites (tertiary alicyclic amines) is 2. The zero-order valence-corrected chi connectivity index (χ0v) is 17.8. The van der Waals surface area contributed by atoms with Crippen LogP contribution < -0.4 is 5.32 Å². The number of hydrogen-bond acceptors (Lipinski definition) is 5. The summed E-state index contributed by atoms with van der Waals surface area (Å²) < 4.78 is 0. The Bertz CT molecular complexity index is 699. The van der Waals surface area contributed by atoms with E-state index >= 15 is 0 Å². The number of anilines is 1. The van der Waals surface area contributed by atoms with Crippen molar-refractivity contribution in [3.63, 3.8) is 0 Å². The zero-order valence-electron chi connectivity index (χ0n) is 17.0. The van der Waals surface area contributed by atoms with E-state index in [1.165, 1.54) is 17.8 Å². The van der Waals surface area contributed by atoms with Gasteiger partial charge in [-0.3, -0.25) is 14.5 Å². The second-order valence-corrected chi connectivity index (χ2v) is 10.0. The first-order valence-electron chi connectivity index (χ1n) is 10.7. The van der Waals surface area contributed by atoms with Crippen LogP contribution in [0, 0.1) is 23.7 Å². The highest BCUT2D eigenvalue weighted by atomic mass is 32.1. The van der Waals surface area contributed by atoms with Gasteiger partial charge in [0.05, 0.1) is 5.69 Å². The summed E-state index contributed by atoms with van der Waals surface area (Å²) >= 11 is 1.52. The minimum absolute atomic E-state index is 0.0144. The van der Waals surface area contributed by atoms with Crippen molar-refractivity contribution in [2.45, 2.75) is 52.5 Å². The highest BCUT2D eigenvalue weighted by molar-refractivity contribution is 7.13. The van der Waals surface area contributed by atoms with E-state index < -0.39 is 0 Å². The molecule has 3 fully saturated rings. The lowest BCUT2D eigenvalue weighted by Crippen LogP contribution is -2.42. The van der Waals surface area contributed by atoms with E-state index in [1.54, 1.807) is 0 Å². The molecule has 154 valence electrons. The number of rotatable bonds is 5. The third kappa shape index (κ3) is 4.92. The first-order valence-corrected chi connectivity index (χ1v) is 11.6. The fraction of sp³-hybridized carbons (Fsp3) is 0.762. The quantitative estimate of drug-likeness (QED) is 0.818. The van der Waals surface area contributed by atoms with Gasteiger partial charge in [0.1, 0.15) is 0 Å². The van der Waals surface area contributed by atoms with Crippen LogP contribution in [0.3, 0.4) is 0 Å². The number of amides is 2. The van der Waals surface area contributed by atoms with Crippen LogP contribution in [0.15, 0.2) is 5.38 Å². The number of nitrogens with one attached hydrogen (secondary N) is 1. The number of carbonyl (C=O) groups excluding carboxylic acids is 2. The van der Waals surface area contributed by atoms with Crippen LogP contribution >= 0.6 is 11.3 Å². The van der Waals surface area contributed by atoms with Gasteiger partial charge in [-0.2, -0.15) is 0 Å². The van der Waals surface area contributed by atoms with Gasteiger partial charge in [0, 0.05) is 49.9 Å². The molecule has 2 saturated heterocycles. The van der Waals surface area contributed by atoms with Crippen molar-refractivity contribution in [3.8, 4) is 0 Å². The third-order valence-corrected chi connectivity index (χ3v) is 7.02. The summed E-state index contributed by atoms with van der Waals surface area (Å²) in [5, 5.41) is 5.78. The Balaban J connectivity index is 1.24. The Morgan fingerprint density at radius 2 is 1.79 bits per heavy atom. The molecule has 1 aromatic rings. The molecule has 3 aliphatic rings. The normalized spacial score (nSPS) is 27.0. The van der Waals surface area contributed by atoms with E-state index in [1.807, 2.05) is 4.90 Å². The topological polar surface area (TPSA) is 65.5 Å². The molecule has 1 saturated carbocycles. The Morgan fingerprint density at radius 3 is 2.43 bits per heavy atom. The highest BCUT2D eigenvalue weighted by Gasteiger charge is 2.36. The predicted octanol–water partition coefficient (Wildman–Crippen LogP) is 3.21. The van der Waals surface area contributed by atoms with Gasteiger partial charge in [0.15, 0.2) is 5.13 Å². The second-order valence-electron chi connectivity index (χ2n) is 9.15. The van der Waals surface area contributed by atoms with Crippen molar-refractivity contribution in [2.75, 3.05) is 31.5 Å². The summed E-state index contributed by atoms with van der Waals surface area (Å²) in [6.45, 7) is 9.17. The Hall–Kier alpha value is -1.47. The molecule has 3 heterocycles. The average molecular weight is 405 g/mol. The van der Waals surface area contributed by atoms with Gasteiger partial charge in [-0.05, 0) is 43.9 Å². The van der Waals surface area contributed by atoms with Crippen molar-refractivity contribution < 1.29 is 9.59 Å². The van der Waals surface area contributed by atoms with Gasteiger partial charge in [0.25, 0.3) is 0 Å². The summed E-state index contributed by atoms with van der Waals surface area (Å²) in [7, 11) is 0. The molecule has 0 unspecified atom stereocenters. The molecule has 2 atom stereocenters. The molecule has 0 bridgehead atoms. The highest BCUT2D eigenvalue weighted by Crippen LogP contribution is 2.32. The number of aromatic nitrogens is 1. The largest absolute Gasteiger partial charge is 0.342 e. The second kappa shape index (κ2) is 8.49. The zero-order chi connectivity index (χ0) is 19.7. The minimum Gasteiger partial charge on any atom is -0.342 e. The van der Waals surface area contributed by atoms with E-state index in [-0.39, 0.29) is 17.7 Å². The molecule has 1 aliphatic carbocycles. The fourth-order valence-corrected chi connectivity index (χ4v) is 5.45. The predicted molar refractivity (Wildman–Crippen MR) is 111 cm³/mol. The van der Waals surface area contributed by atoms with Gasteiger partial charge in [0.2, 0.25) is 11.8 Å². The van der Waals surface area contributed by atoms with Crippen LogP contribution in [0.5, 0.6) is 0 Å². The molecule has 0 spiro atoms. The van der Waals surface area contributed by atoms with E-state index in [0.29, 0.717) is 24.1 Å². The lowest BCUT2D eigenvalue weighted by Gasteiger charge is -2.34. The van der Waals surface area contributed by atoms with Crippen LogP contribution in [0.4, 0.5) is 5.13 Å². The molecule has 0 aromatic carbocycles. The number of hydrogen-bond donors (Lipinski definition) is 1. The van der Waals surface area contributed by atoms with Crippen molar-refractivity contribution in [2.24, 2.45) is 23.7 Å². The molecule has 0 radical (unpaired) electrons. The Kier molecular flexibility index (Phi) is 6.01. The first kappa shape index (κ1) is 19.8. The van der Waals surface area contributed by atoms with Crippen LogP contribution in [0.1, 0.15) is 51.6 Å². The van der Waals surface area contributed by atoms with Crippen molar-refractivity contribution in [3.05, 3.63) is 11.1 Å². The molecule has 28 heavy (non-hydrogen) atoms. The third-order valence-electron chi connectivity index (χ3n) is 6.22. The average Bonchev–Trinajstić information content (AvgIpc) is 3.42. The van der Waals surface area contributed by atoms with E-state index in [0.717, 1.165) is 62.8 Å². The lowest BCUT2D eigenvalue weighted by atomic mass is 9.92. The SMILES string of the molecule is C[C@@H]1C[C@@H](C)CN(Cc2csc(NC(=O)C3CCN(C(=O)C4CC4)CC3)n2)C1. The van der Waals surface area contributed by atoms with E-state index in [9.17, 15) is 9.59 Å². The summed E-state index contributed by atoms with van der Waals surface area (Å²) in [5.41, 5.74) is 1.05. The molecule has 2 amide bonds. The van der Waals surface area contributed by atoms with Crippen molar-refractivity contribution >= 4 is 28.3 Å². The maximum atomic E-state index is 12.6. The van der Waals surface area contributed by atoms with Crippen LogP contribution in [-0.4, -0.2) is 52.8 Å². The molecular weight excluding hydrogens is 372 g/mol. The first-order chi connectivity index (χ1) is 13.5. The molecule has 6 nitrogen and oxygen atoms in total. The van der Waals surface area contributed by atoms with Gasteiger partial charge in [-0.1, -0.05) is 13.8 Å². The molecule has 4 rings (SSSR count). The standard InChI is InChI=1S/C21H32N4O2S/c1-14-9-15(2)11-24(10-14)12-18-13-28-21(22-18)23-19(26)16-5-7-25(8-6-16)20(27)17-3-4-17/h13-17H,3-12H2,1-2H3,(H,22,23,26)/t14-,15-/m1/s1. The fourth-order valence-electron chi connectivity index (χ4n) is 4.75. The van der Waals surface area contributed by atoms with Gasteiger partial charge < -0.3 is 10.2 Å². The minimum atomic E-state index is -0.0144. The van der Waals surface area contributed by atoms with Crippen LogP contribution in [-0.2, 0) is 16.1 Å². The number of thiazole rings is 1. The Labute approximate surface area is 171 Å². The van der Waals surface area contributed by atoms with Gasteiger partial charge in [-0.25, -0.2) is 4.98 Å². The van der Waals surface area contributed by atoms with E-state index in [2.05, 4.69) is 34.4 Å². The molecule has 1 N–H and O–H groups in total. The van der Waals surface area contributed by atoms with Crippen molar-refractivity contribution in [1.82, 2.24) is 14.8 Å². The Morgan fingerprint density at radius 1 is 1.11 bits per heavy atom. The molecule has 2 aliphatic heterocycles. The van der Waals surface area contributed by atoms with Gasteiger partial charge >= 0.3 is 0 Å². The smallest absolute Gasteiger partial charge is 0.229 e. The van der Waals surface area contributed by atoms with Gasteiger partial charge in [-0.15, -0.1) is 11.3 Å². The summed E-state index contributed by atoms with van der Waals surface area (Å²) in [4.78, 5) is 33.8. The maximum Gasteiger partial charge on any atom is 0.229 e. The van der Waals surface area contributed by atoms with Crippen molar-refractivity contribution in [1.29, 1.82) is 0 Å². The van der Waals surface area contributed by atoms with E-state index in [4.69, 9.17) is 0 Å². The number of carbonyl (C=O) groups is 2. The lowest BCUT2D eigenvalue weighted by molar-refractivity contribution is -0.135. The monoisotopic (exact) mass is 404 g/mol. The van der Waals surface area contributed by atoms with Crippen LogP contribution in [0.2, 0.25) is 0 Å². The van der Waals surface area contributed by atoms with Crippen LogP contribution in [0.25, 0.3) is 0 Å². The maximum absolute atomic E-state index is 12.6. The molecule has 1 aromatic heterocycles. The summed E-state index contributed by atoms with van der Waals surface area (Å²) in [5.74, 6) is 2.08. The number of nitrogens with zero attached hydrogens (tertiary/aromatic N) is 3. The molecular formula is C21H32N4O2S.